The monoisotopic (exact) mass is 438 g/mol. The number of rotatable bonds is 6. The number of esters is 2. The van der Waals surface area contributed by atoms with Crippen LogP contribution in [0.4, 0.5) is 5.69 Å². The van der Waals surface area contributed by atoms with Gasteiger partial charge in [0.1, 0.15) is 12.4 Å². The fourth-order valence-corrected chi connectivity index (χ4v) is 3.47. The third kappa shape index (κ3) is 4.61. The first kappa shape index (κ1) is 22.5. The van der Waals surface area contributed by atoms with Crippen LogP contribution in [0.3, 0.4) is 0 Å². The van der Waals surface area contributed by atoms with E-state index in [0.717, 1.165) is 0 Å². The molecule has 9 heteroatoms. The predicted molar refractivity (Wildman–Crippen MR) is 114 cm³/mol. The third-order valence-electron chi connectivity index (χ3n) is 5.21. The van der Waals surface area contributed by atoms with Crippen molar-refractivity contribution in [2.45, 2.75) is 19.4 Å². The smallest absolute Gasteiger partial charge is 0.337 e. The fourth-order valence-electron chi connectivity index (χ4n) is 3.47. The number of phenols is 1. The largest absolute Gasteiger partial charge is 0.508 e. The van der Waals surface area contributed by atoms with Crippen LogP contribution in [-0.2, 0) is 25.7 Å². The van der Waals surface area contributed by atoms with E-state index in [1.54, 1.807) is 43.3 Å². The number of ether oxygens (including phenoxy) is 2. The maximum Gasteiger partial charge on any atom is 0.337 e. The fraction of sp³-hybridized carbons (Fsp3) is 0.217. The second-order valence-corrected chi connectivity index (χ2v) is 7.21. The molecule has 0 aliphatic carbocycles. The summed E-state index contributed by atoms with van der Waals surface area (Å²) in [4.78, 5) is 38.1. The quantitative estimate of drug-likeness (QED) is 0.414. The molecule has 1 unspecified atom stereocenters. The summed E-state index contributed by atoms with van der Waals surface area (Å²) >= 11 is 0. The van der Waals surface area contributed by atoms with Crippen LogP contribution in [0.5, 0.6) is 5.75 Å². The van der Waals surface area contributed by atoms with Crippen molar-refractivity contribution in [1.29, 1.82) is 0 Å². The number of allylic oxidation sites excluding steroid dienone is 1. The number of carbonyl (C=O) groups is 2. The normalized spacial score (nSPS) is 15.8. The molecule has 1 N–H and O–H groups in total. The summed E-state index contributed by atoms with van der Waals surface area (Å²) < 4.78 is 10.4. The molecule has 1 atom stereocenters. The molecular formula is C23H22N2O7. The molecule has 0 saturated carbocycles. The molecule has 32 heavy (non-hydrogen) atoms. The highest BCUT2D eigenvalue weighted by Crippen LogP contribution is 2.40. The summed E-state index contributed by atoms with van der Waals surface area (Å²) in [5.74, 6) is -2.16. The maximum atomic E-state index is 13.2. The molecule has 0 bridgehead atoms. The zero-order valence-electron chi connectivity index (χ0n) is 17.8. The van der Waals surface area contributed by atoms with Gasteiger partial charge < -0.3 is 19.5 Å². The Hall–Kier alpha value is -4.14. The molecule has 9 nitrogen and oxygen atoms in total. The molecule has 0 radical (unpaired) electrons. The Balaban J connectivity index is 2.02. The van der Waals surface area contributed by atoms with Gasteiger partial charge in [-0.2, -0.15) is 0 Å². The van der Waals surface area contributed by atoms with E-state index in [0.29, 0.717) is 16.8 Å². The lowest BCUT2D eigenvalue weighted by Gasteiger charge is -2.32. The molecular weight excluding hydrogens is 416 g/mol. The van der Waals surface area contributed by atoms with Crippen molar-refractivity contribution in [3.05, 3.63) is 92.8 Å². The van der Waals surface area contributed by atoms with Crippen molar-refractivity contribution >= 4 is 17.6 Å². The molecule has 0 spiro atoms. The van der Waals surface area contributed by atoms with E-state index in [1.807, 2.05) is 0 Å². The van der Waals surface area contributed by atoms with Crippen molar-refractivity contribution in [1.82, 2.24) is 4.90 Å². The summed E-state index contributed by atoms with van der Waals surface area (Å²) in [5.41, 5.74) is 1.74. The highest BCUT2D eigenvalue weighted by Gasteiger charge is 2.37. The number of nitro groups is 1. The van der Waals surface area contributed by atoms with Gasteiger partial charge in [-0.15, -0.1) is 0 Å². The number of non-ortho nitro benzene ring substituents is 1. The SMILES string of the molecule is COC(=O)C1=CN(C)C(C)=C(C(=O)OCc2ccc(O)cc2)C1c1cccc([N+](=O)[O-])c1. The zero-order valence-corrected chi connectivity index (χ0v) is 17.8. The first-order chi connectivity index (χ1) is 15.2. The van der Waals surface area contributed by atoms with E-state index in [9.17, 15) is 24.8 Å². The Labute approximate surface area is 184 Å². The van der Waals surface area contributed by atoms with Crippen LogP contribution in [0.15, 0.2) is 71.6 Å². The van der Waals surface area contributed by atoms with Crippen LogP contribution < -0.4 is 0 Å². The lowest BCUT2D eigenvalue weighted by atomic mass is 9.81. The van der Waals surface area contributed by atoms with Crippen molar-refractivity contribution < 1.29 is 29.1 Å². The van der Waals surface area contributed by atoms with Crippen LogP contribution in [0.1, 0.15) is 24.0 Å². The Kier molecular flexibility index (Phi) is 6.58. The molecule has 1 aliphatic rings. The molecule has 0 saturated heterocycles. The number of nitrogens with zero attached hydrogens (tertiary/aromatic N) is 2. The minimum absolute atomic E-state index is 0.0570. The highest BCUT2D eigenvalue weighted by molar-refractivity contribution is 5.99. The van der Waals surface area contributed by atoms with Crippen LogP contribution in [-0.4, -0.2) is 41.0 Å². The van der Waals surface area contributed by atoms with Gasteiger partial charge in [0.05, 0.1) is 29.1 Å². The van der Waals surface area contributed by atoms with Gasteiger partial charge >= 0.3 is 11.9 Å². The van der Waals surface area contributed by atoms with E-state index >= 15 is 0 Å². The van der Waals surface area contributed by atoms with Gasteiger partial charge in [-0.3, -0.25) is 10.1 Å². The third-order valence-corrected chi connectivity index (χ3v) is 5.21. The molecule has 1 aliphatic heterocycles. The molecule has 0 aromatic heterocycles. The Morgan fingerprint density at radius 3 is 2.47 bits per heavy atom. The number of methoxy groups -OCH3 is 1. The van der Waals surface area contributed by atoms with Crippen molar-refractivity contribution in [3.63, 3.8) is 0 Å². The number of hydrogen-bond acceptors (Lipinski definition) is 8. The number of phenolic OH excluding ortho intramolecular Hbond substituents is 1. The summed E-state index contributed by atoms with van der Waals surface area (Å²) in [5, 5.41) is 20.7. The minimum atomic E-state index is -0.911. The van der Waals surface area contributed by atoms with Gasteiger partial charge in [0.15, 0.2) is 0 Å². The summed E-state index contributed by atoms with van der Waals surface area (Å²) in [6, 6.07) is 12.0. The summed E-state index contributed by atoms with van der Waals surface area (Å²) in [7, 11) is 2.90. The average molecular weight is 438 g/mol. The summed E-state index contributed by atoms with van der Waals surface area (Å²) in [6.07, 6.45) is 1.54. The van der Waals surface area contributed by atoms with Crippen LogP contribution in [0.25, 0.3) is 0 Å². The van der Waals surface area contributed by atoms with Crippen molar-refractivity contribution in [2.24, 2.45) is 0 Å². The molecule has 166 valence electrons. The number of hydrogen-bond donors (Lipinski definition) is 1. The van der Waals surface area contributed by atoms with E-state index < -0.39 is 22.8 Å². The Morgan fingerprint density at radius 1 is 1.16 bits per heavy atom. The van der Waals surface area contributed by atoms with Gasteiger partial charge in [0.25, 0.3) is 5.69 Å². The standard InChI is InChI=1S/C23H22N2O7/c1-14-20(23(28)32-13-15-7-9-18(26)10-8-15)21(19(12-24(14)2)22(27)31-3)16-5-4-6-17(11-16)25(29)30/h4-12,21,26H,13H2,1-3H3. The topological polar surface area (TPSA) is 119 Å². The highest BCUT2D eigenvalue weighted by atomic mass is 16.6. The van der Waals surface area contributed by atoms with E-state index in [1.165, 1.54) is 37.4 Å². The van der Waals surface area contributed by atoms with Crippen molar-refractivity contribution in [3.8, 4) is 5.75 Å². The van der Waals surface area contributed by atoms with Crippen molar-refractivity contribution in [2.75, 3.05) is 14.2 Å². The number of benzene rings is 2. The second kappa shape index (κ2) is 9.34. The van der Waals surface area contributed by atoms with E-state index in [4.69, 9.17) is 9.47 Å². The number of carbonyl (C=O) groups excluding carboxylic acids is 2. The lowest BCUT2D eigenvalue weighted by Crippen LogP contribution is -2.30. The number of aromatic hydroxyl groups is 1. The molecule has 2 aromatic rings. The van der Waals surface area contributed by atoms with Crippen LogP contribution >= 0.6 is 0 Å². The summed E-state index contributed by atoms with van der Waals surface area (Å²) in [6.45, 7) is 1.64. The van der Waals surface area contributed by atoms with E-state index in [-0.39, 0.29) is 29.2 Å². The van der Waals surface area contributed by atoms with Gasteiger partial charge in [-0.05, 0) is 30.2 Å². The zero-order chi connectivity index (χ0) is 23.4. The number of nitro benzene ring substituents is 1. The molecule has 2 aromatic carbocycles. The molecule has 0 fully saturated rings. The van der Waals surface area contributed by atoms with Gasteiger partial charge in [0, 0.05) is 31.1 Å². The molecule has 0 amide bonds. The van der Waals surface area contributed by atoms with Crippen LogP contribution in [0.2, 0.25) is 0 Å². The first-order valence-electron chi connectivity index (χ1n) is 9.66. The molecule has 1 heterocycles. The Bertz CT molecular complexity index is 1120. The van der Waals surface area contributed by atoms with Gasteiger partial charge in [-0.25, -0.2) is 9.59 Å². The van der Waals surface area contributed by atoms with Gasteiger partial charge in [0.2, 0.25) is 0 Å². The minimum Gasteiger partial charge on any atom is -0.508 e. The lowest BCUT2D eigenvalue weighted by molar-refractivity contribution is -0.384. The average Bonchev–Trinajstić information content (AvgIpc) is 2.79. The van der Waals surface area contributed by atoms with E-state index in [2.05, 4.69) is 0 Å². The Morgan fingerprint density at radius 2 is 1.84 bits per heavy atom. The second-order valence-electron chi connectivity index (χ2n) is 7.21. The molecule has 3 rings (SSSR count). The first-order valence-corrected chi connectivity index (χ1v) is 9.66. The predicted octanol–water partition coefficient (Wildman–Crippen LogP) is 3.40. The maximum absolute atomic E-state index is 13.2. The van der Waals surface area contributed by atoms with Gasteiger partial charge in [-0.1, -0.05) is 24.3 Å². The van der Waals surface area contributed by atoms with Crippen LogP contribution in [0, 0.1) is 10.1 Å².